The first-order valence-corrected chi connectivity index (χ1v) is 10.1. The first kappa shape index (κ1) is 19.1. The maximum atomic E-state index is 12.6. The van der Waals surface area contributed by atoms with Crippen LogP contribution in [0, 0.1) is 0 Å². The molecule has 0 aliphatic carbocycles. The van der Waals surface area contributed by atoms with E-state index in [1.807, 2.05) is 54.6 Å². The van der Waals surface area contributed by atoms with Gasteiger partial charge in [0.1, 0.15) is 5.75 Å². The first-order chi connectivity index (χ1) is 14.2. The van der Waals surface area contributed by atoms with E-state index in [1.165, 1.54) is 5.69 Å². The Labute approximate surface area is 172 Å². The number of nitrogens with zero attached hydrogens (tertiary/aromatic N) is 1. The third kappa shape index (κ3) is 4.43. The third-order valence-corrected chi connectivity index (χ3v) is 5.51. The van der Waals surface area contributed by atoms with Crippen LogP contribution in [0.25, 0.3) is 11.1 Å². The topological polar surface area (TPSA) is 41.6 Å². The maximum absolute atomic E-state index is 12.6. The molecule has 1 aliphatic rings. The van der Waals surface area contributed by atoms with E-state index in [4.69, 9.17) is 4.74 Å². The van der Waals surface area contributed by atoms with Crippen LogP contribution in [-0.2, 0) is 0 Å². The van der Waals surface area contributed by atoms with Crippen LogP contribution in [0.2, 0.25) is 0 Å². The number of amides is 1. The number of para-hydroxylation sites is 1. The summed E-state index contributed by atoms with van der Waals surface area (Å²) in [7, 11) is 1.66. The van der Waals surface area contributed by atoms with Gasteiger partial charge in [-0.15, -0.1) is 0 Å². The standard InChI is InChI=1S/C25H26N2O2/c1-29-24-11-5-7-21(17-24)19-12-14-20(15-13-19)25(28)26-18-23-10-6-16-27(23)22-8-3-2-4-9-22/h2-5,7-9,11-15,17,23H,6,10,16,18H2,1H3,(H,26,28). The molecule has 3 aromatic carbocycles. The molecule has 0 aromatic heterocycles. The molecule has 1 N–H and O–H groups in total. The zero-order chi connectivity index (χ0) is 20.1. The number of hydrogen-bond donors (Lipinski definition) is 1. The second-order valence-electron chi connectivity index (χ2n) is 7.34. The van der Waals surface area contributed by atoms with Gasteiger partial charge in [0, 0.05) is 30.4 Å². The van der Waals surface area contributed by atoms with Crippen LogP contribution < -0.4 is 15.0 Å². The van der Waals surface area contributed by atoms with Crippen molar-refractivity contribution in [2.24, 2.45) is 0 Å². The summed E-state index contributed by atoms with van der Waals surface area (Å²) < 4.78 is 5.29. The molecule has 4 rings (SSSR count). The summed E-state index contributed by atoms with van der Waals surface area (Å²) in [5, 5.41) is 3.12. The van der Waals surface area contributed by atoms with Gasteiger partial charge in [0.25, 0.3) is 5.91 Å². The van der Waals surface area contributed by atoms with Gasteiger partial charge in [0.2, 0.25) is 0 Å². The minimum atomic E-state index is -0.0258. The van der Waals surface area contributed by atoms with Crippen molar-refractivity contribution in [3.8, 4) is 16.9 Å². The van der Waals surface area contributed by atoms with Crippen molar-refractivity contribution in [3.05, 3.63) is 84.4 Å². The molecule has 0 bridgehead atoms. The molecule has 3 aromatic rings. The monoisotopic (exact) mass is 386 g/mol. The molecule has 4 heteroatoms. The minimum Gasteiger partial charge on any atom is -0.497 e. The Balaban J connectivity index is 1.38. The van der Waals surface area contributed by atoms with Gasteiger partial charge in [-0.05, 0) is 60.4 Å². The third-order valence-electron chi connectivity index (χ3n) is 5.51. The van der Waals surface area contributed by atoms with Crippen molar-refractivity contribution in [1.82, 2.24) is 5.32 Å². The fourth-order valence-corrected chi connectivity index (χ4v) is 3.94. The molecule has 0 saturated carbocycles. The number of methoxy groups -OCH3 is 1. The van der Waals surface area contributed by atoms with E-state index in [0.29, 0.717) is 18.2 Å². The number of ether oxygens (including phenoxy) is 1. The van der Waals surface area contributed by atoms with E-state index in [9.17, 15) is 4.79 Å². The summed E-state index contributed by atoms with van der Waals surface area (Å²) in [6.07, 6.45) is 2.26. The normalized spacial score (nSPS) is 15.9. The Morgan fingerprint density at radius 3 is 2.55 bits per heavy atom. The lowest BCUT2D eigenvalue weighted by molar-refractivity contribution is 0.0951. The Morgan fingerprint density at radius 2 is 1.79 bits per heavy atom. The van der Waals surface area contributed by atoms with Crippen LogP contribution in [0.5, 0.6) is 5.75 Å². The van der Waals surface area contributed by atoms with E-state index in [0.717, 1.165) is 36.3 Å². The van der Waals surface area contributed by atoms with Crippen molar-refractivity contribution in [2.75, 3.05) is 25.1 Å². The smallest absolute Gasteiger partial charge is 0.251 e. The van der Waals surface area contributed by atoms with E-state index in [1.54, 1.807) is 7.11 Å². The second-order valence-corrected chi connectivity index (χ2v) is 7.34. The number of carbonyl (C=O) groups excluding carboxylic acids is 1. The average molecular weight is 386 g/mol. The summed E-state index contributed by atoms with van der Waals surface area (Å²) in [4.78, 5) is 15.0. The van der Waals surface area contributed by atoms with Gasteiger partial charge in [-0.3, -0.25) is 4.79 Å². The van der Waals surface area contributed by atoms with Gasteiger partial charge in [0.15, 0.2) is 0 Å². The predicted octanol–water partition coefficient (Wildman–Crippen LogP) is 4.76. The first-order valence-electron chi connectivity index (χ1n) is 10.1. The summed E-state index contributed by atoms with van der Waals surface area (Å²) in [6, 6.07) is 26.4. The maximum Gasteiger partial charge on any atom is 0.251 e. The van der Waals surface area contributed by atoms with Crippen LogP contribution in [0.3, 0.4) is 0 Å². The molecule has 0 spiro atoms. The highest BCUT2D eigenvalue weighted by atomic mass is 16.5. The van der Waals surface area contributed by atoms with Crippen molar-refractivity contribution in [2.45, 2.75) is 18.9 Å². The zero-order valence-electron chi connectivity index (χ0n) is 16.7. The van der Waals surface area contributed by atoms with E-state index in [2.05, 4.69) is 34.5 Å². The highest BCUT2D eigenvalue weighted by molar-refractivity contribution is 5.94. The van der Waals surface area contributed by atoms with Gasteiger partial charge in [0.05, 0.1) is 7.11 Å². The zero-order valence-corrected chi connectivity index (χ0v) is 16.7. The number of anilines is 1. The fourth-order valence-electron chi connectivity index (χ4n) is 3.94. The molecular weight excluding hydrogens is 360 g/mol. The van der Waals surface area contributed by atoms with E-state index in [-0.39, 0.29) is 5.91 Å². The van der Waals surface area contributed by atoms with Crippen molar-refractivity contribution in [1.29, 1.82) is 0 Å². The van der Waals surface area contributed by atoms with Crippen LogP contribution in [0.1, 0.15) is 23.2 Å². The largest absolute Gasteiger partial charge is 0.497 e. The van der Waals surface area contributed by atoms with Gasteiger partial charge in [-0.1, -0.05) is 42.5 Å². The van der Waals surface area contributed by atoms with Crippen LogP contribution in [-0.4, -0.2) is 32.1 Å². The molecule has 1 aliphatic heterocycles. The van der Waals surface area contributed by atoms with E-state index < -0.39 is 0 Å². The highest BCUT2D eigenvalue weighted by Crippen LogP contribution is 2.26. The van der Waals surface area contributed by atoms with Crippen molar-refractivity contribution >= 4 is 11.6 Å². The van der Waals surface area contributed by atoms with Crippen LogP contribution in [0.15, 0.2) is 78.9 Å². The lowest BCUT2D eigenvalue weighted by Crippen LogP contribution is -2.40. The molecule has 1 amide bonds. The fraction of sp³-hybridized carbons (Fsp3) is 0.240. The molecule has 1 fully saturated rings. The lowest BCUT2D eigenvalue weighted by atomic mass is 10.0. The molecule has 1 saturated heterocycles. The second kappa shape index (κ2) is 8.82. The Hall–Kier alpha value is -3.27. The Morgan fingerprint density at radius 1 is 1.00 bits per heavy atom. The Kier molecular flexibility index (Phi) is 5.80. The molecule has 1 atom stereocenters. The summed E-state index contributed by atoms with van der Waals surface area (Å²) in [6.45, 7) is 1.70. The molecular formula is C25H26N2O2. The summed E-state index contributed by atoms with van der Waals surface area (Å²) in [5.74, 6) is 0.797. The summed E-state index contributed by atoms with van der Waals surface area (Å²) >= 11 is 0. The predicted molar refractivity (Wildman–Crippen MR) is 118 cm³/mol. The van der Waals surface area contributed by atoms with Crippen molar-refractivity contribution in [3.63, 3.8) is 0 Å². The van der Waals surface area contributed by atoms with Crippen LogP contribution in [0.4, 0.5) is 5.69 Å². The molecule has 1 unspecified atom stereocenters. The SMILES string of the molecule is COc1cccc(-c2ccc(C(=O)NCC3CCCN3c3ccccc3)cc2)c1. The summed E-state index contributed by atoms with van der Waals surface area (Å²) in [5.41, 5.74) is 4.04. The average Bonchev–Trinajstić information content (AvgIpc) is 3.27. The molecule has 0 radical (unpaired) electrons. The molecule has 4 nitrogen and oxygen atoms in total. The number of carbonyl (C=O) groups is 1. The quantitative estimate of drug-likeness (QED) is 0.664. The van der Waals surface area contributed by atoms with Crippen molar-refractivity contribution < 1.29 is 9.53 Å². The minimum absolute atomic E-state index is 0.0258. The number of hydrogen-bond acceptors (Lipinski definition) is 3. The van der Waals surface area contributed by atoms with Gasteiger partial charge in [-0.25, -0.2) is 0 Å². The van der Waals surface area contributed by atoms with Gasteiger partial charge in [-0.2, -0.15) is 0 Å². The van der Waals surface area contributed by atoms with Crippen LogP contribution >= 0.6 is 0 Å². The number of rotatable bonds is 6. The molecule has 29 heavy (non-hydrogen) atoms. The lowest BCUT2D eigenvalue weighted by Gasteiger charge is -2.27. The Bertz CT molecular complexity index is 954. The molecule has 148 valence electrons. The van der Waals surface area contributed by atoms with E-state index >= 15 is 0 Å². The van der Waals surface area contributed by atoms with Gasteiger partial charge < -0.3 is 15.0 Å². The number of nitrogens with one attached hydrogen (secondary N) is 1. The number of benzene rings is 3. The highest BCUT2D eigenvalue weighted by Gasteiger charge is 2.25. The molecule has 1 heterocycles. The van der Waals surface area contributed by atoms with Gasteiger partial charge >= 0.3 is 0 Å².